The first-order chi connectivity index (χ1) is 7.53. The zero-order valence-corrected chi connectivity index (χ0v) is 9.49. The van der Waals surface area contributed by atoms with Crippen LogP contribution >= 0.6 is 0 Å². The molecule has 1 heterocycles. The van der Waals surface area contributed by atoms with E-state index in [0.29, 0.717) is 16.9 Å². The zero-order chi connectivity index (χ0) is 11.8. The van der Waals surface area contributed by atoms with Gasteiger partial charge < -0.3 is 10.5 Å². The maximum atomic E-state index is 11.4. The predicted molar refractivity (Wildman–Crippen MR) is 62.2 cm³/mol. The topological polar surface area (TPSA) is 69.4 Å². The van der Waals surface area contributed by atoms with Crippen LogP contribution in [0.1, 0.15) is 5.56 Å². The van der Waals surface area contributed by atoms with Crippen molar-refractivity contribution in [3.05, 3.63) is 46.3 Å². The molecular weight excluding hydrogens is 226 g/mol. The number of rotatable bonds is 2. The first kappa shape index (κ1) is 10.8. The molecular formula is C11H11NO3S. The van der Waals surface area contributed by atoms with Crippen molar-refractivity contribution in [3.63, 3.8) is 0 Å². The van der Waals surface area contributed by atoms with Gasteiger partial charge in [-0.25, -0.2) is 8.42 Å². The van der Waals surface area contributed by atoms with Gasteiger partial charge >= 0.3 is 0 Å². The van der Waals surface area contributed by atoms with Crippen LogP contribution in [0, 0.1) is 0 Å². The molecule has 0 fully saturated rings. The van der Waals surface area contributed by atoms with E-state index in [1.54, 1.807) is 18.2 Å². The molecule has 1 aliphatic rings. The normalized spacial score (nSPS) is 17.8. The second kappa shape index (κ2) is 3.68. The van der Waals surface area contributed by atoms with Gasteiger partial charge in [0.15, 0.2) is 9.84 Å². The molecule has 84 valence electrons. The highest BCUT2D eigenvalue weighted by Crippen LogP contribution is 2.33. The number of nitrogens with two attached hydrogens (primary N) is 1. The summed E-state index contributed by atoms with van der Waals surface area (Å²) in [7, 11) is -1.79. The Bertz CT molecular complexity index is 585. The van der Waals surface area contributed by atoms with Gasteiger partial charge in [-0.2, -0.15) is 0 Å². The van der Waals surface area contributed by atoms with E-state index < -0.39 is 9.84 Å². The molecule has 0 aromatic heterocycles. The summed E-state index contributed by atoms with van der Waals surface area (Å²) in [5, 5.41) is 2.20. The van der Waals surface area contributed by atoms with Crippen molar-refractivity contribution >= 4 is 15.4 Å². The van der Waals surface area contributed by atoms with Crippen LogP contribution in [0.25, 0.3) is 5.57 Å². The molecule has 1 aromatic rings. The quantitative estimate of drug-likeness (QED) is 0.840. The molecule has 0 bridgehead atoms. The summed E-state index contributed by atoms with van der Waals surface area (Å²) in [6.07, 6.45) is 0. The summed E-state index contributed by atoms with van der Waals surface area (Å²) in [5.74, 6) is 0.599. The fraction of sp³-hybridized carbons (Fsp3) is 0.0909. The molecule has 1 aliphatic heterocycles. The van der Waals surface area contributed by atoms with Gasteiger partial charge in [0.05, 0.1) is 18.2 Å². The number of hydrogen-bond acceptors (Lipinski definition) is 4. The fourth-order valence-corrected chi connectivity index (χ4v) is 2.73. The van der Waals surface area contributed by atoms with Gasteiger partial charge in [-0.1, -0.05) is 18.2 Å². The molecule has 16 heavy (non-hydrogen) atoms. The first-order valence-corrected chi connectivity index (χ1v) is 6.22. The van der Waals surface area contributed by atoms with Gasteiger partial charge in [-0.05, 0) is 6.07 Å². The van der Waals surface area contributed by atoms with E-state index in [4.69, 9.17) is 10.5 Å². The molecule has 0 radical (unpaired) electrons. The van der Waals surface area contributed by atoms with Crippen LogP contribution in [-0.4, -0.2) is 15.5 Å². The Morgan fingerprint density at radius 1 is 1.19 bits per heavy atom. The van der Waals surface area contributed by atoms with Gasteiger partial charge in [0, 0.05) is 16.5 Å². The molecule has 1 aromatic carbocycles. The number of ether oxygens (including phenoxy) is 1. The SMILES string of the molecule is COc1ccccc1C1=CS(=O)(=O)C=C1N. The molecule has 0 amide bonds. The molecule has 0 saturated heterocycles. The van der Waals surface area contributed by atoms with E-state index in [2.05, 4.69) is 0 Å². The Morgan fingerprint density at radius 3 is 2.44 bits per heavy atom. The van der Waals surface area contributed by atoms with E-state index in [1.165, 1.54) is 7.11 Å². The molecule has 0 atom stereocenters. The van der Waals surface area contributed by atoms with Crippen LogP contribution in [0.5, 0.6) is 5.75 Å². The Morgan fingerprint density at radius 2 is 1.88 bits per heavy atom. The van der Waals surface area contributed by atoms with Crippen LogP contribution in [0.15, 0.2) is 40.8 Å². The third-order valence-electron chi connectivity index (χ3n) is 2.28. The van der Waals surface area contributed by atoms with Crippen LogP contribution in [0.4, 0.5) is 0 Å². The van der Waals surface area contributed by atoms with E-state index in [0.717, 1.165) is 10.8 Å². The number of hydrogen-bond donors (Lipinski definition) is 1. The summed E-state index contributed by atoms with van der Waals surface area (Å²) in [6.45, 7) is 0. The smallest absolute Gasteiger partial charge is 0.195 e. The minimum Gasteiger partial charge on any atom is -0.496 e. The van der Waals surface area contributed by atoms with Crippen LogP contribution in [0.3, 0.4) is 0 Å². The Kier molecular flexibility index (Phi) is 2.47. The van der Waals surface area contributed by atoms with Gasteiger partial charge in [-0.3, -0.25) is 0 Å². The van der Waals surface area contributed by atoms with E-state index in [-0.39, 0.29) is 5.70 Å². The second-order valence-corrected chi connectivity index (χ2v) is 5.04. The second-order valence-electron chi connectivity index (χ2n) is 3.39. The fourth-order valence-electron chi connectivity index (χ4n) is 1.59. The third-order valence-corrected chi connectivity index (χ3v) is 3.43. The number of para-hydroxylation sites is 1. The number of sulfone groups is 1. The highest BCUT2D eigenvalue weighted by Gasteiger charge is 2.21. The highest BCUT2D eigenvalue weighted by molar-refractivity contribution is 7.97. The van der Waals surface area contributed by atoms with Crippen molar-refractivity contribution in [2.45, 2.75) is 0 Å². The zero-order valence-electron chi connectivity index (χ0n) is 8.67. The number of methoxy groups -OCH3 is 1. The lowest BCUT2D eigenvalue weighted by Crippen LogP contribution is -1.99. The van der Waals surface area contributed by atoms with Crippen molar-refractivity contribution < 1.29 is 13.2 Å². The molecule has 0 saturated carbocycles. The predicted octanol–water partition coefficient (Wildman–Crippen LogP) is 1.26. The third kappa shape index (κ3) is 1.81. The van der Waals surface area contributed by atoms with Crippen LogP contribution < -0.4 is 10.5 Å². The summed E-state index contributed by atoms with van der Waals surface area (Å²) < 4.78 is 27.9. The lowest BCUT2D eigenvalue weighted by atomic mass is 10.0. The van der Waals surface area contributed by atoms with Crippen LogP contribution in [-0.2, 0) is 9.84 Å². The Hall–Kier alpha value is -1.75. The minimum atomic E-state index is -3.32. The maximum absolute atomic E-state index is 11.4. The summed E-state index contributed by atoms with van der Waals surface area (Å²) >= 11 is 0. The average molecular weight is 237 g/mol. The van der Waals surface area contributed by atoms with Crippen molar-refractivity contribution in [3.8, 4) is 5.75 Å². The molecule has 2 N–H and O–H groups in total. The van der Waals surface area contributed by atoms with Gasteiger partial charge in [-0.15, -0.1) is 0 Å². The summed E-state index contributed by atoms with van der Waals surface area (Å²) in [5.41, 5.74) is 7.07. The Labute approximate surface area is 93.9 Å². The van der Waals surface area contributed by atoms with E-state index >= 15 is 0 Å². The maximum Gasteiger partial charge on any atom is 0.195 e. The van der Waals surface area contributed by atoms with Crippen molar-refractivity contribution in [1.82, 2.24) is 0 Å². The van der Waals surface area contributed by atoms with E-state index in [9.17, 15) is 8.42 Å². The average Bonchev–Trinajstić information content (AvgIpc) is 2.52. The van der Waals surface area contributed by atoms with Crippen molar-refractivity contribution in [2.75, 3.05) is 7.11 Å². The highest BCUT2D eigenvalue weighted by atomic mass is 32.2. The summed E-state index contributed by atoms with van der Waals surface area (Å²) in [4.78, 5) is 0. The van der Waals surface area contributed by atoms with Crippen LogP contribution in [0.2, 0.25) is 0 Å². The molecule has 0 aliphatic carbocycles. The first-order valence-electron chi connectivity index (χ1n) is 4.61. The molecule has 0 unspecified atom stereocenters. The standard InChI is InChI=1S/C11H11NO3S/c1-15-11-5-3-2-4-8(11)9-6-16(13,14)7-10(9)12/h2-7H,12H2,1H3. The van der Waals surface area contributed by atoms with Crippen molar-refractivity contribution in [1.29, 1.82) is 0 Å². The monoisotopic (exact) mass is 237 g/mol. The van der Waals surface area contributed by atoms with Gasteiger partial charge in [0.1, 0.15) is 5.75 Å². The van der Waals surface area contributed by atoms with E-state index in [1.807, 2.05) is 6.07 Å². The minimum absolute atomic E-state index is 0.240. The number of allylic oxidation sites excluding steroid dienone is 1. The Balaban J connectivity index is 2.60. The molecule has 2 rings (SSSR count). The molecule has 0 spiro atoms. The lowest BCUT2D eigenvalue weighted by Gasteiger charge is -2.08. The molecule has 5 heteroatoms. The number of benzene rings is 1. The largest absolute Gasteiger partial charge is 0.496 e. The molecule has 4 nitrogen and oxygen atoms in total. The van der Waals surface area contributed by atoms with Crippen molar-refractivity contribution in [2.24, 2.45) is 5.73 Å². The lowest BCUT2D eigenvalue weighted by molar-refractivity contribution is 0.413. The van der Waals surface area contributed by atoms with Gasteiger partial charge in [0.25, 0.3) is 0 Å². The summed E-state index contributed by atoms with van der Waals surface area (Å²) in [6, 6.07) is 7.14. The van der Waals surface area contributed by atoms with Gasteiger partial charge in [0.2, 0.25) is 0 Å².